The van der Waals surface area contributed by atoms with Crippen LogP contribution in [-0.2, 0) is 10.0 Å². The van der Waals surface area contributed by atoms with Crippen LogP contribution < -0.4 is 9.46 Å². The Morgan fingerprint density at radius 2 is 1.95 bits per heavy atom. The van der Waals surface area contributed by atoms with Crippen molar-refractivity contribution in [3.63, 3.8) is 0 Å². The first-order valence-corrected chi connectivity index (χ1v) is 9.58. The second kappa shape index (κ2) is 6.56. The van der Waals surface area contributed by atoms with Crippen molar-refractivity contribution in [1.29, 1.82) is 0 Å². The minimum atomic E-state index is -3.46. The average molecular weight is 324 g/mol. The molecule has 0 bridgehead atoms. The number of ether oxygens (including phenoxy) is 1. The molecule has 2 heterocycles. The van der Waals surface area contributed by atoms with E-state index in [2.05, 4.69) is 9.62 Å². The van der Waals surface area contributed by atoms with E-state index in [4.69, 9.17) is 4.74 Å². The van der Waals surface area contributed by atoms with Gasteiger partial charge >= 0.3 is 0 Å². The SMILES string of the molecule is CCOc1ccc(S(=O)(=O)N[C@@H]2CCN3CCCC[C@@H]23)cc1. The molecule has 1 aromatic rings. The summed E-state index contributed by atoms with van der Waals surface area (Å²) in [5.74, 6) is 0.695. The average Bonchev–Trinajstić information content (AvgIpc) is 2.91. The first-order valence-electron chi connectivity index (χ1n) is 8.09. The van der Waals surface area contributed by atoms with Gasteiger partial charge in [0.15, 0.2) is 0 Å². The van der Waals surface area contributed by atoms with Gasteiger partial charge in [-0.2, -0.15) is 0 Å². The molecule has 22 heavy (non-hydrogen) atoms. The Bertz CT molecular complexity index is 600. The maximum Gasteiger partial charge on any atom is 0.240 e. The van der Waals surface area contributed by atoms with Crippen molar-refractivity contribution in [3.8, 4) is 5.75 Å². The number of benzene rings is 1. The molecule has 0 aromatic heterocycles. The topological polar surface area (TPSA) is 58.6 Å². The number of piperidine rings is 1. The van der Waals surface area contributed by atoms with Crippen LogP contribution >= 0.6 is 0 Å². The highest BCUT2D eigenvalue weighted by Gasteiger charge is 2.37. The molecule has 0 amide bonds. The van der Waals surface area contributed by atoms with Gasteiger partial charge in [-0.15, -0.1) is 0 Å². The Labute approximate surface area is 132 Å². The Kier molecular flexibility index (Phi) is 4.70. The number of rotatable bonds is 5. The first-order chi connectivity index (χ1) is 10.6. The summed E-state index contributed by atoms with van der Waals surface area (Å²) in [4.78, 5) is 2.74. The molecule has 2 atom stereocenters. The summed E-state index contributed by atoms with van der Waals surface area (Å²) in [6, 6.07) is 7.05. The predicted octanol–water partition coefficient (Wildman–Crippen LogP) is 1.99. The zero-order chi connectivity index (χ0) is 15.6. The Hall–Kier alpha value is -1.11. The van der Waals surface area contributed by atoms with Gasteiger partial charge in [-0.05, 0) is 57.0 Å². The highest BCUT2D eigenvalue weighted by atomic mass is 32.2. The van der Waals surface area contributed by atoms with E-state index in [-0.39, 0.29) is 6.04 Å². The van der Waals surface area contributed by atoms with E-state index in [0.717, 1.165) is 25.9 Å². The van der Waals surface area contributed by atoms with Gasteiger partial charge in [0, 0.05) is 18.6 Å². The van der Waals surface area contributed by atoms with Crippen LogP contribution in [0.1, 0.15) is 32.6 Å². The number of nitrogens with one attached hydrogen (secondary N) is 1. The van der Waals surface area contributed by atoms with Crippen LogP contribution in [0.25, 0.3) is 0 Å². The van der Waals surface area contributed by atoms with Gasteiger partial charge in [-0.1, -0.05) is 6.42 Å². The maximum atomic E-state index is 12.6. The zero-order valence-electron chi connectivity index (χ0n) is 13.0. The molecule has 1 aromatic carbocycles. The monoisotopic (exact) mass is 324 g/mol. The highest BCUT2D eigenvalue weighted by Crippen LogP contribution is 2.28. The van der Waals surface area contributed by atoms with Crippen molar-refractivity contribution < 1.29 is 13.2 Å². The molecule has 2 saturated heterocycles. The quantitative estimate of drug-likeness (QED) is 0.900. The molecule has 2 aliphatic heterocycles. The van der Waals surface area contributed by atoms with Crippen molar-refractivity contribution in [1.82, 2.24) is 9.62 Å². The molecule has 6 heteroatoms. The first kappa shape index (κ1) is 15.8. The highest BCUT2D eigenvalue weighted by molar-refractivity contribution is 7.89. The molecule has 5 nitrogen and oxygen atoms in total. The van der Waals surface area contributed by atoms with Crippen molar-refractivity contribution in [2.24, 2.45) is 0 Å². The molecule has 2 fully saturated rings. The third-order valence-electron chi connectivity index (χ3n) is 4.61. The van der Waals surface area contributed by atoms with E-state index in [1.54, 1.807) is 24.3 Å². The van der Waals surface area contributed by atoms with E-state index in [9.17, 15) is 8.42 Å². The lowest BCUT2D eigenvalue weighted by Gasteiger charge is -2.32. The summed E-state index contributed by atoms with van der Waals surface area (Å²) in [7, 11) is -3.46. The van der Waals surface area contributed by atoms with Gasteiger partial charge in [0.05, 0.1) is 11.5 Å². The lowest BCUT2D eigenvalue weighted by molar-refractivity contribution is 0.186. The van der Waals surface area contributed by atoms with Crippen molar-refractivity contribution >= 4 is 10.0 Å². The number of hydrogen-bond acceptors (Lipinski definition) is 4. The van der Waals surface area contributed by atoms with Gasteiger partial charge < -0.3 is 4.74 Å². The van der Waals surface area contributed by atoms with Crippen molar-refractivity contribution in [3.05, 3.63) is 24.3 Å². The fourth-order valence-electron chi connectivity index (χ4n) is 3.53. The summed E-state index contributed by atoms with van der Waals surface area (Å²) in [6.45, 7) is 4.58. The Balaban J connectivity index is 1.70. The maximum absolute atomic E-state index is 12.6. The van der Waals surface area contributed by atoms with Crippen LogP contribution in [0.3, 0.4) is 0 Å². The fraction of sp³-hybridized carbons (Fsp3) is 0.625. The molecule has 122 valence electrons. The third-order valence-corrected chi connectivity index (χ3v) is 6.11. The molecular formula is C16H24N2O3S. The molecule has 0 spiro atoms. The second-order valence-corrected chi connectivity index (χ2v) is 7.73. The fourth-order valence-corrected chi connectivity index (χ4v) is 4.84. The summed E-state index contributed by atoms with van der Waals surface area (Å²) >= 11 is 0. The van der Waals surface area contributed by atoms with Crippen LogP contribution in [0.5, 0.6) is 5.75 Å². The van der Waals surface area contributed by atoms with Gasteiger partial charge in [-0.25, -0.2) is 13.1 Å². The van der Waals surface area contributed by atoms with Gasteiger partial charge in [0.2, 0.25) is 10.0 Å². The molecule has 0 unspecified atom stereocenters. The standard InChI is InChI=1S/C16H24N2O3S/c1-2-21-13-6-8-14(9-7-13)22(19,20)17-15-10-12-18-11-4-3-5-16(15)18/h6-9,15-17H,2-5,10-12H2,1H3/t15-,16+/m1/s1. The second-order valence-electron chi connectivity index (χ2n) is 6.02. The lowest BCUT2D eigenvalue weighted by Crippen LogP contribution is -2.46. The largest absolute Gasteiger partial charge is 0.494 e. The number of nitrogens with zero attached hydrogens (tertiary/aromatic N) is 1. The summed E-state index contributed by atoms with van der Waals surface area (Å²) in [5.41, 5.74) is 0. The normalized spacial score (nSPS) is 25.9. The molecule has 0 saturated carbocycles. The van der Waals surface area contributed by atoms with Crippen LogP contribution in [0, 0.1) is 0 Å². The zero-order valence-corrected chi connectivity index (χ0v) is 13.8. The summed E-state index contributed by atoms with van der Waals surface area (Å²) < 4.78 is 33.4. The van der Waals surface area contributed by atoms with E-state index in [1.807, 2.05) is 6.92 Å². The molecule has 1 N–H and O–H groups in total. The predicted molar refractivity (Wildman–Crippen MR) is 85.5 cm³/mol. The minimum Gasteiger partial charge on any atom is -0.494 e. The Morgan fingerprint density at radius 1 is 1.18 bits per heavy atom. The number of hydrogen-bond donors (Lipinski definition) is 1. The number of fused-ring (bicyclic) bond motifs is 1. The van der Waals surface area contributed by atoms with Crippen molar-refractivity contribution in [2.45, 2.75) is 49.6 Å². The molecule has 3 rings (SSSR count). The molecular weight excluding hydrogens is 300 g/mol. The van der Waals surface area contributed by atoms with Crippen LogP contribution in [-0.4, -0.2) is 45.1 Å². The van der Waals surface area contributed by atoms with Crippen LogP contribution in [0.2, 0.25) is 0 Å². The van der Waals surface area contributed by atoms with Gasteiger partial charge in [-0.3, -0.25) is 4.90 Å². The van der Waals surface area contributed by atoms with Gasteiger partial charge in [0.1, 0.15) is 5.75 Å². The van der Waals surface area contributed by atoms with Crippen LogP contribution in [0.4, 0.5) is 0 Å². The van der Waals surface area contributed by atoms with E-state index in [1.165, 1.54) is 12.8 Å². The van der Waals surface area contributed by atoms with Gasteiger partial charge in [0.25, 0.3) is 0 Å². The molecule has 0 aliphatic carbocycles. The van der Waals surface area contributed by atoms with Crippen molar-refractivity contribution in [2.75, 3.05) is 19.7 Å². The smallest absolute Gasteiger partial charge is 0.240 e. The summed E-state index contributed by atoms with van der Waals surface area (Å²) in [6.07, 6.45) is 4.43. The summed E-state index contributed by atoms with van der Waals surface area (Å²) in [5, 5.41) is 0. The van der Waals surface area contributed by atoms with E-state index >= 15 is 0 Å². The minimum absolute atomic E-state index is 0.0388. The molecule has 2 aliphatic rings. The van der Waals surface area contributed by atoms with Crippen LogP contribution in [0.15, 0.2) is 29.2 Å². The number of sulfonamides is 1. The molecule has 0 radical (unpaired) electrons. The Morgan fingerprint density at radius 3 is 2.68 bits per heavy atom. The lowest BCUT2D eigenvalue weighted by atomic mass is 10.00. The third kappa shape index (κ3) is 3.29. The van der Waals surface area contributed by atoms with E-state index in [0.29, 0.717) is 23.3 Å². The van der Waals surface area contributed by atoms with E-state index < -0.39 is 10.0 Å².